The summed E-state index contributed by atoms with van der Waals surface area (Å²) in [5.74, 6) is 1.72. The minimum atomic E-state index is -0.314. The third-order valence-electron chi connectivity index (χ3n) is 3.04. The molecule has 1 atom stereocenters. The van der Waals surface area contributed by atoms with Gasteiger partial charge in [-0.1, -0.05) is 22.9 Å². The van der Waals surface area contributed by atoms with Crippen molar-refractivity contribution in [1.82, 2.24) is 15.1 Å². The van der Waals surface area contributed by atoms with Gasteiger partial charge >= 0.3 is 0 Å². The summed E-state index contributed by atoms with van der Waals surface area (Å²) < 4.78 is 11.1. The van der Waals surface area contributed by atoms with E-state index in [-0.39, 0.29) is 6.10 Å². The average Bonchev–Trinajstić information content (AvgIpc) is 3.00. The molecule has 0 fully saturated rings. The molecule has 2 aromatic heterocycles. The summed E-state index contributed by atoms with van der Waals surface area (Å²) in [7, 11) is 0. The fourth-order valence-corrected chi connectivity index (χ4v) is 1.88. The Morgan fingerprint density at radius 3 is 2.67 bits per heavy atom. The molecule has 0 aliphatic carbocycles. The smallest absolute Gasteiger partial charge is 0.267 e. The van der Waals surface area contributed by atoms with Gasteiger partial charge in [-0.2, -0.15) is 4.98 Å². The summed E-state index contributed by atoms with van der Waals surface area (Å²) in [4.78, 5) is 8.39. The lowest BCUT2D eigenvalue weighted by Gasteiger charge is -2.10. The number of aryl methyl sites for hydroxylation is 1. The summed E-state index contributed by atoms with van der Waals surface area (Å²) in [6, 6.07) is 11.5. The molecule has 106 valence electrons. The van der Waals surface area contributed by atoms with E-state index in [1.165, 1.54) is 5.56 Å². The lowest BCUT2D eigenvalue weighted by molar-refractivity contribution is 0.176. The lowest BCUT2D eigenvalue weighted by atomic mass is 10.2. The molecule has 0 saturated heterocycles. The van der Waals surface area contributed by atoms with Crippen LogP contribution >= 0.6 is 0 Å². The standard InChI is InChI=1S/C16H15N3O2/c1-11-5-7-14(8-6-11)20-12(2)16-18-15(19-21-16)13-4-3-9-17-10-13/h3-10,12H,1-2H3/t12-/m0/s1. The molecule has 2 heterocycles. The SMILES string of the molecule is Cc1ccc(O[C@@H](C)c2nc(-c3cccnc3)no2)cc1. The maximum absolute atomic E-state index is 5.79. The number of nitrogens with zero attached hydrogens (tertiary/aromatic N) is 3. The summed E-state index contributed by atoms with van der Waals surface area (Å²) in [6.45, 7) is 3.91. The first kappa shape index (κ1) is 13.3. The van der Waals surface area contributed by atoms with Gasteiger partial charge in [-0.15, -0.1) is 0 Å². The molecule has 3 rings (SSSR count). The number of hydrogen-bond acceptors (Lipinski definition) is 5. The van der Waals surface area contributed by atoms with E-state index in [0.717, 1.165) is 11.3 Å². The van der Waals surface area contributed by atoms with Crippen LogP contribution in [0.25, 0.3) is 11.4 Å². The Kier molecular flexibility index (Phi) is 3.64. The van der Waals surface area contributed by atoms with Gasteiger partial charge < -0.3 is 9.26 Å². The largest absolute Gasteiger partial charge is 0.481 e. The van der Waals surface area contributed by atoms with Gasteiger partial charge in [0, 0.05) is 18.0 Å². The van der Waals surface area contributed by atoms with Crippen molar-refractivity contribution in [2.45, 2.75) is 20.0 Å². The number of pyridine rings is 1. The van der Waals surface area contributed by atoms with Crippen LogP contribution in [0.5, 0.6) is 5.75 Å². The van der Waals surface area contributed by atoms with Crippen molar-refractivity contribution in [2.75, 3.05) is 0 Å². The maximum atomic E-state index is 5.79. The fraction of sp³-hybridized carbons (Fsp3) is 0.188. The summed E-state index contributed by atoms with van der Waals surface area (Å²) in [5.41, 5.74) is 2.00. The molecular weight excluding hydrogens is 266 g/mol. The van der Waals surface area contributed by atoms with E-state index in [4.69, 9.17) is 9.26 Å². The predicted molar refractivity (Wildman–Crippen MR) is 77.8 cm³/mol. The van der Waals surface area contributed by atoms with Gasteiger partial charge in [0.2, 0.25) is 5.82 Å². The molecule has 0 N–H and O–H groups in total. The molecule has 1 aromatic carbocycles. The minimum absolute atomic E-state index is 0.314. The third-order valence-corrected chi connectivity index (χ3v) is 3.04. The number of benzene rings is 1. The molecule has 3 aromatic rings. The zero-order valence-electron chi connectivity index (χ0n) is 11.9. The van der Waals surface area contributed by atoms with Gasteiger partial charge in [0.1, 0.15) is 5.75 Å². The highest BCUT2D eigenvalue weighted by molar-refractivity contribution is 5.51. The van der Waals surface area contributed by atoms with Crippen LogP contribution in [0.3, 0.4) is 0 Å². The second kappa shape index (κ2) is 5.75. The monoisotopic (exact) mass is 281 g/mol. The Labute approximate surface area is 122 Å². The van der Waals surface area contributed by atoms with Crippen LogP contribution in [0.2, 0.25) is 0 Å². The molecule has 0 bridgehead atoms. The molecule has 21 heavy (non-hydrogen) atoms. The zero-order valence-corrected chi connectivity index (χ0v) is 11.9. The van der Waals surface area contributed by atoms with Crippen molar-refractivity contribution in [2.24, 2.45) is 0 Å². The van der Waals surface area contributed by atoms with Gasteiger partial charge in [0.25, 0.3) is 5.89 Å². The van der Waals surface area contributed by atoms with E-state index in [9.17, 15) is 0 Å². The maximum Gasteiger partial charge on any atom is 0.267 e. The van der Waals surface area contributed by atoms with Crippen LogP contribution in [0.1, 0.15) is 24.5 Å². The van der Waals surface area contributed by atoms with Crippen LogP contribution in [-0.4, -0.2) is 15.1 Å². The highest BCUT2D eigenvalue weighted by atomic mass is 16.5. The fourth-order valence-electron chi connectivity index (χ4n) is 1.88. The first-order valence-electron chi connectivity index (χ1n) is 6.70. The molecular formula is C16H15N3O2. The van der Waals surface area contributed by atoms with Crippen LogP contribution in [0.4, 0.5) is 0 Å². The highest BCUT2D eigenvalue weighted by Gasteiger charge is 2.16. The number of rotatable bonds is 4. The van der Waals surface area contributed by atoms with Crippen molar-refractivity contribution in [3.8, 4) is 17.1 Å². The molecule has 5 nitrogen and oxygen atoms in total. The molecule has 0 saturated carbocycles. The predicted octanol–water partition coefficient (Wildman–Crippen LogP) is 3.58. The quantitative estimate of drug-likeness (QED) is 0.731. The molecule has 0 spiro atoms. The van der Waals surface area contributed by atoms with Crippen LogP contribution in [0.15, 0.2) is 53.3 Å². The van der Waals surface area contributed by atoms with E-state index < -0.39 is 0 Å². The van der Waals surface area contributed by atoms with Crippen molar-refractivity contribution < 1.29 is 9.26 Å². The first-order chi connectivity index (χ1) is 10.2. The molecule has 0 radical (unpaired) electrons. The van der Waals surface area contributed by atoms with Crippen LogP contribution in [0, 0.1) is 6.92 Å². The van der Waals surface area contributed by atoms with Gasteiger partial charge in [-0.3, -0.25) is 4.98 Å². The topological polar surface area (TPSA) is 61.0 Å². The number of hydrogen-bond donors (Lipinski definition) is 0. The summed E-state index contributed by atoms with van der Waals surface area (Å²) in [5, 5.41) is 3.96. The first-order valence-corrected chi connectivity index (χ1v) is 6.70. The molecule has 0 amide bonds. The Balaban J connectivity index is 1.75. The zero-order chi connectivity index (χ0) is 14.7. The van der Waals surface area contributed by atoms with Gasteiger partial charge in [0.15, 0.2) is 6.10 Å². The minimum Gasteiger partial charge on any atom is -0.481 e. The normalized spacial score (nSPS) is 12.1. The van der Waals surface area contributed by atoms with E-state index in [1.54, 1.807) is 12.4 Å². The van der Waals surface area contributed by atoms with Crippen molar-refractivity contribution in [1.29, 1.82) is 0 Å². The van der Waals surface area contributed by atoms with Gasteiger partial charge in [-0.05, 0) is 38.1 Å². The van der Waals surface area contributed by atoms with Gasteiger partial charge in [0.05, 0.1) is 0 Å². The third kappa shape index (κ3) is 3.08. The molecule has 0 aliphatic rings. The summed E-state index contributed by atoms with van der Waals surface area (Å²) >= 11 is 0. The highest BCUT2D eigenvalue weighted by Crippen LogP contribution is 2.23. The van der Waals surface area contributed by atoms with Crippen LogP contribution < -0.4 is 4.74 Å². The molecule has 0 unspecified atom stereocenters. The Morgan fingerprint density at radius 1 is 1.14 bits per heavy atom. The second-order valence-corrected chi connectivity index (χ2v) is 4.77. The number of ether oxygens (including phenoxy) is 1. The van der Waals surface area contributed by atoms with E-state index >= 15 is 0 Å². The average molecular weight is 281 g/mol. The summed E-state index contributed by atoms with van der Waals surface area (Å²) in [6.07, 6.45) is 3.08. The van der Waals surface area contributed by atoms with Crippen molar-refractivity contribution in [3.05, 3.63) is 60.2 Å². The van der Waals surface area contributed by atoms with Gasteiger partial charge in [-0.25, -0.2) is 0 Å². The second-order valence-electron chi connectivity index (χ2n) is 4.77. The van der Waals surface area contributed by atoms with E-state index in [1.807, 2.05) is 50.2 Å². The van der Waals surface area contributed by atoms with Crippen LogP contribution in [-0.2, 0) is 0 Å². The van der Waals surface area contributed by atoms with E-state index in [2.05, 4.69) is 15.1 Å². The molecule has 0 aliphatic heterocycles. The Hall–Kier alpha value is -2.69. The van der Waals surface area contributed by atoms with Crippen molar-refractivity contribution >= 4 is 0 Å². The number of aromatic nitrogens is 3. The molecule has 5 heteroatoms. The Morgan fingerprint density at radius 2 is 1.95 bits per heavy atom. The van der Waals surface area contributed by atoms with Crippen molar-refractivity contribution in [3.63, 3.8) is 0 Å². The Bertz CT molecular complexity index is 708. The lowest BCUT2D eigenvalue weighted by Crippen LogP contribution is -2.03. The van der Waals surface area contributed by atoms with E-state index in [0.29, 0.717) is 11.7 Å².